The number of rotatable bonds is 5. The summed E-state index contributed by atoms with van der Waals surface area (Å²) in [7, 11) is -2.31. The van der Waals surface area contributed by atoms with E-state index in [0.29, 0.717) is 0 Å². The highest BCUT2D eigenvalue weighted by Gasteiger charge is 2.32. The van der Waals surface area contributed by atoms with Gasteiger partial charge in [0.1, 0.15) is 10.0 Å². The van der Waals surface area contributed by atoms with Crippen molar-refractivity contribution in [2.24, 2.45) is 0 Å². The predicted molar refractivity (Wildman–Crippen MR) is 107 cm³/mol. The van der Waals surface area contributed by atoms with Crippen molar-refractivity contribution < 1.29 is 8.42 Å². The van der Waals surface area contributed by atoms with Gasteiger partial charge in [-0.05, 0) is 29.3 Å². The molecule has 134 valence electrons. The van der Waals surface area contributed by atoms with Crippen LogP contribution in [0.4, 0.5) is 0 Å². The monoisotopic (exact) mass is 450 g/mol. The summed E-state index contributed by atoms with van der Waals surface area (Å²) in [5.74, 6) is 0. The van der Waals surface area contributed by atoms with Crippen LogP contribution in [0, 0.1) is 0 Å². The largest absolute Gasteiger partial charge is 0.246 e. The molecule has 1 atom stereocenters. The summed E-state index contributed by atoms with van der Waals surface area (Å²) in [5, 5.41) is -0.0433. The summed E-state index contributed by atoms with van der Waals surface area (Å²) in [4.78, 5) is 3.88. The van der Waals surface area contributed by atoms with Gasteiger partial charge in [-0.2, -0.15) is 4.31 Å². The molecule has 0 N–H and O–H groups in total. The van der Waals surface area contributed by atoms with Crippen molar-refractivity contribution in [3.05, 3.63) is 93.7 Å². The minimum Gasteiger partial charge on any atom is -0.243 e. The molecule has 7 heteroatoms. The van der Waals surface area contributed by atoms with Gasteiger partial charge in [0.05, 0.1) is 6.04 Å². The molecule has 4 nitrogen and oxygen atoms in total. The molecular weight excluding hydrogens is 436 g/mol. The van der Waals surface area contributed by atoms with Crippen LogP contribution in [0.15, 0.2) is 82.3 Å². The standard InChI is InChI=1S/C19H16BrClN2O2S/c1-23(26(24,25)17-12-7-13-22-19(17)21)18(14-8-3-2-4-9-14)15-10-5-6-11-16(15)20/h2-13,18H,1H3. The Bertz CT molecular complexity index is 1010. The first kappa shape index (κ1) is 19.0. The van der Waals surface area contributed by atoms with Crippen molar-refractivity contribution in [1.82, 2.24) is 9.29 Å². The number of benzene rings is 2. The minimum absolute atomic E-state index is 0.0165. The van der Waals surface area contributed by atoms with E-state index in [0.717, 1.165) is 15.6 Å². The third-order valence-electron chi connectivity index (χ3n) is 4.06. The molecule has 1 heterocycles. The molecule has 3 rings (SSSR count). The average molecular weight is 452 g/mol. The van der Waals surface area contributed by atoms with E-state index in [1.807, 2.05) is 54.6 Å². The number of hydrogen-bond acceptors (Lipinski definition) is 3. The molecule has 0 aliphatic rings. The van der Waals surface area contributed by atoms with Gasteiger partial charge >= 0.3 is 0 Å². The van der Waals surface area contributed by atoms with Crippen molar-refractivity contribution in [2.75, 3.05) is 7.05 Å². The van der Waals surface area contributed by atoms with Crippen molar-refractivity contribution in [3.63, 3.8) is 0 Å². The van der Waals surface area contributed by atoms with Gasteiger partial charge < -0.3 is 0 Å². The molecule has 1 unspecified atom stereocenters. The van der Waals surface area contributed by atoms with Crippen LogP contribution in [0.2, 0.25) is 5.15 Å². The smallest absolute Gasteiger partial charge is 0.243 e. The highest BCUT2D eigenvalue weighted by molar-refractivity contribution is 9.10. The molecular formula is C19H16BrClN2O2S. The molecule has 3 aromatic rings. The zero-order valence-electron chi connectivity index (χ0n) is 13.9. The van der Waals surface area contributed by atoms with E-state index in [1.165, 1.54) is 16.6 Å². The van der Waals surface area contributed by atoms with Crippen LogP contribution in [0.3, 0.4) is 0 Å². The first-order chi connectivity index (χ1) is 12.4. The summed E-state index contributed by atoms with van der Waals surface area (Å²) in [6, 6.07) is 19.5. The summed E-state index contributed by atoms with van der Waals surface area (Å²) in [5.41, 5.74) is 1.69. The van der Waals surface area contributed by atoms with E-state index in [2.05, 4.69) is 20.9 Å². The molecule has 0 aliphatic heterocycles. The lowest BCUT2D eigenvalue weighted by Crippen LogP contribution is -2.32. The lowest BCUT2D eigenvalue weighted by Gasteiger charge is -2.29. The summed E-state index contributed by atoms with van der Waals surface area (Å²) < 4.78 is 28.6. The van der Waals surface area contributed by atoms with E-state index >= 15 is 0 Å². The fraction of sp³-hybridized carbons (Fsp3) is 0.105. The minimum atomic E-state index is -3.86. The number of pyridine rings is 1. The van der Waals surface area contributed by atoms with E-state index in [1.54, 1.807) is 13.1 Å². The molecule has 0 fully saturated rings. The maximum Gasteiger partial charge on any atom is 0.246 e. The first-order valence-corrected chi connectivity index (χ1v) is 10.4. The van der Waals surface area contributed by atoms with Crippen LogP contribution in [0.5, 0.6) is 0 Å². The second kappa shape index (κ2) is 7.88. The number of aromatic nitrogens is 1. The lowest BCUT2D eigenvalue weighted by molar-refractivity contribution is 0.417. The normalized spacial score (nSPS) is 12.9. The van der Waals surface area contributed by atoms with Gasteiger partial charge in [0.2, 0.25) is 10.0 Å². The molecule has 0 saturated heterocycles. The third kappa shape index (κ3) is 3.69. The number of hydrogen-bond donors (Lipinski definition) is 0. The van der Waals surface area contributed by atoms with Crippen molar-refractivity contribution in [1.29, 1.82) is 0 Å². The van der Waals surface area contributed by atoms with Gasteiger partial charge in [-0.15, -0.1) is 0 Å². The Morgan fingerprint density at radius 1 is 1.00 bits per heavy atom. The van der Waals surface area contributed by atoms with E-state index < -0.39 is 16.1 Å². The Morgan fingerprint density at radius 2 is 1.65 bits per heavy atom. The molecule has 0 spiro atoms. The lowest BCUT2D eigenvalue weighted by atomic mass is 9.99. The number of sulfonamides is 1. The van der Waals surface area contributed by atoms with E-state index in [4.69, 9.17) is 11.6 Å². The molecule has 1 aromatic heterocycles. The summed E-state index contributed by atoms with van der Waals surface area (Å²) in [6.07, 6.45) is 1.46. The van der Waals surface area contributed by atoms with Gasteiger partial charge in [-0.1, -0.05) is 76.1 Å². The van der Waals surface area contributed by atoms with Crippen LogP contribution in [0.1, 0.15) is 17.2 Å². The van der Waals surface area contributed by atoms with E-state index in [9.17, 15) is 8.42 Å². The molecule has 0 radical (unpaired) electrons. The van der Waals surface area contributed by atoms with E-state index in [-0.39, 0.29) is 10.0 Å². The highest BCUT2D eigenvalue weighted by Crippen LogP contribution is 2.36. The number of nitrogens with zero attached hydrogens (tertiary/aromatic N) is 2. The Kier molecular flexibility index (Phi) is 5.77. The molecule has 26 heavy (non-hydrogen) atoms. The summed E-state index contributed by atoms with van der Waals surface area (Å²) >= 11 is 9.59. The third-order valence-corrected chi connectivity index (χ3v) is 7.05. The SMILES string of the molecule is CN(C(c1ccccc1)c1ccccc1Br)S(=O)(=O)c1cccnc1Cl. The molecule has 0 aliphatic carbocycles. The average Bonchev–Trinajstić information content (AvgIpc) is 2.64. The maximum absolute atomic E-state index is 13.2. The fourth-order valence-corrected chi connectivity index (χ4v) is 5.03. The molecule has 0 amide bonds. The second-order valence-corrected chi connectivity index (χ2v) is 8.83. The Balaban J connectivity index is 2.17. The van der Waals surface area contributed by atoms with Crippen LogP contribution in [0.25, 0.3) is 0 Å². The predicted octanol–water partition coefficient (Wildman–Crippen LogP) is 4.91. The van der Waals surface area contributed by atoms with Gasteiger partial charge in [-0.25, -0.2) is 13.4 Å². The zero-order chi connectivity index (χ0) is 18.7. The molecule has 0 saturated carbocycles. The Morgan fingerprint density at radius 3 is 2.31 bits per heavy atom. The topological polar surface area (TPSA) is 50.3 Å². The van der Waals surface area contributed by atoms with Crippen LogP contribution < -0.4 is 0 Å². The van der Waals surface area contributed by atoms with Crippen LogP contribution in [-0.2, 0) is 10.0 Å². The second-order valence-electron chi connectivity index (χ2n) is 5.65. The highest BCUT2D eigenvalue weighted by atomic mass is 79.9. The van der Waals surface area contributed by atoms with Gasteiger partial charge in [-0.3, -0.25) is 0 Å². The van der Waals surface area contributed by atoms with Crippen LogP contribution in [-0.4, -0.2) is 24.8 Å². The Labute approximate surface area is 166 Å². The van der Waals surface area contributed by atoms with Crippen molar-refractivity contribution >= 4 is 37.6 Å². The molecule has 2 aromatic carbocycles. The van der Waals surface area contributed by atoms with Crippen molar-refractivity contribution in [3.8, 4) is 0 Å². The van der Waals surface area contributed by atoms with Crippen molar-refractivity contribution in [2.45, 2.75) is 10.9 Å². The van der Waals surface area contributed by atoms with Gasteiger partial charge in [0, 0.05) is 17.7 Å². The molecule has 0 bridgehead atoms. The summed E-state index contributed by atoms with van der Waals surface area (Å²) in [6.45, 7) is 0. The first-order valence-electron chi connectivity index (χ1n) is 7.81. The van der Waals surface area contributed by atoms with Gasteiger partial charge in [0.25, 0.3) is 0 Å². The quantitative estimate of drug-likeness (QED) is 0.518. The number of halogens is 2. The maximum atomic E-state index is 13.2. The van der Waals surface area contributed by atoms with Gasteiger partial charge in [0.15, 0.2) is 0 Å². The Hall–Kier alpha value is -1.73. The van der Waals surface area contributed by atoms with Crippen LogP contribution >= 0.6 is 27.5 Å². The fourth-order valence-electron chi connectivity index (χ4n) is 2.78. The zero-order valence-corrected chi connectivity index (χ0v) is 17.0.